The third kappa shape index (κ3) is 2.38. The van der Waals surface area contributed by atoms with Crippen LogP contribution in [0.4, 0.5) is 0 Å². The van der Waals surface area contributed by atoms with Crippen molar-refractivity contribution in [2.75, 3.05) is 0 Å². The minimum Gasteiger partial charge on any atom is -0.294 e. The van der Waals surface area contributed by atoms with Crippen LogP contribution in [-0.4, -0.2) is 14.5 Å². The van der Waals surface area contributed by atoms with Crippen molar-refractivity contribution in [2.24, 2.45) is 0 Å². The van der Waals surface area contributed by atoms with Crippen LogP contribution in [0.2, 0.25) is 0 Å². The first-order valence-corrected chi connectivity index (χ1v) is 9.88. The maximum absolute atomic E-state index is 13.1. The number of nitrogens with zero attached hydrogens (tertiary/aromatic N) is 3. The molecular weight excluding hydrogens is 342 g/mol. The van der Waals surface area contributed by atoms with Gasteiger partial charge in [-0.2, -0.15) is 0 Å². The van der Waals surface area contributed by atoms with Gasteiger partial charge in [0.05, 0.1) is 18.4 Å². The summed E-state index contributed by atoms with van der Waals surface area (Å²) < 4.78 is 2.43. The Hall–Kier alpha value is -2.53. The van der Waals surface area contributed by atoms with Gasteiger partial charge in [0.2, 0.25) is 0 Å². The molecule has 0 saturated carbocycles. The summed E-state index contributed by atoms with van der Waals surface area (Å²) in [6.45, 7) is 2.64. The summed E-state index contributed by atoms with van der Waals surface area (Å²) >= 11 is 1.49. The molecule has 26 heavy (non-hydrogen) atoms. The second kappa shape index (κ2) is 6.02. The molecule has 0 saturated heterocycles. The predicted molar refractivity (Wildman–Crippen MR) is 106 cm³/mol. The molecule has 1 aliphatic rings. The molecule has 3 heterocycles. The molecule has 5 heteroatoms. The van der Waals surface area contributed by atoms with E-state index in [1.807, 2.05) is 30.3 Å². The van der Waals surface area contributed by atoms with Crippen LogP contribution in [0, 0.1) is 6.92 Å². The third-order valence-corrected chi connectivity index (χ3v) is 6.38. The molecule has 4 aromatic rings. The molecule has 0 atom stereocenters. The Labute approximate surface area is 155 Å². The number of aromatic nitrogens is 3. The molecule has 0 spiro atoms. The molecule has 0 bridgehead atoms. The summed E-state index contributed by atoms with van der Waals surface area (Å²) in [5.74, 6) is 0. The Balaban J connectivity index is 1.74. The van der Waals surface area contributed by atoms with Crippen LogP contribution in [0.25, 0.3) is 20.4 Å². The standard InChI is InChI=1S/C21H19N3OS/c1-13-15-9-5-6-10-16(15)17-18-19(26-20(17)23-13)21(25)24(12-22-18)11-14-7-3-2-4-8-14/h2-4,7-8,12H,5-6,9-11H2,1H3. The molecule has 0 amide bonds. The Kier molecular flexibility index (Phi) is 3.64. The molecule has 5 rings (SSSR count). The number of hydrogen-bond acceptors (Lipinski definition) is 4. The van der Waals surface area contributed by atoms with Crippen LogP contribution in [0.1, 0.15) is 35.2 Å². The number of benzene rings is 1. The Morgan fingerprint density at radius 1 is 1.12 bits per heavy atom. The van der Waals surface area contributed by atoms with Crippen molar-refractivity contribution in [2.45, 2.75) is 39.2 Å². The fourth-order valence-electron chi connectivity index (χ4n) is 4.03. The SMILES string of the molecule is Cc1nc2sc3c(=O)n(Cc4ccccc4)cnc3c2c2c1CCCC2. The molecule has 4 nitrogen and oxygen atoms in total. The van der Waals surface area contributed by atoms with Crippen molar-refractivity contribution < 1.29 is 0 Å². The molecule has 1 aliphatic carbocycles. The summed E-state index contributed by atoms with van der Waals surface area (Å²) in [7, 11) is 0. The molecule has 3 aromatic heterocycles. The average Bonchev–Trinajstić information content (AvgIpc) is 3.04. The zero-order valence-electron chi connectivity index (χ0n) is 14.7. The molecule has 0 aliphatic heterocycles. The lowest BCUT2D eigenvalue weighted by molar-refractivity contribution is 0.683. The van der Waals surface area contributed by atoms with E-state index in [1.54, 1.807) is 10.9 Å². The van der Waals surface area contributed by atoms with E-state index in [2.05, 4.69) is 6.92 Å². The van der Waals surface area contributed by atoms with Crippen LogP contribution in [0.5, 0.6) is 0 Å². The van der Waals surface area contributed by atoms with Crippen molar-refractivity contribution in [1.29, 1.82) is 0 Å². The maximum atomic E-state index is 13.1. The minimum atomic E-state index is 0.0315. The van der Waals surface area contributed by atoms with Gasteiger partial charge in [0.25, 0.3) is 5.56 Å². The van der Waals surface area contributed by atoms with Gasteiger partial charge in [0.15, 0.2) is 0 Å². The number of pyridine rings is 1. The fraction of sp³-hybridized carbons (Fsp3) is 0.286. The highest BCUT2D eigenvalue weighted by atomic mass is 32.1. The van der Waals surface area contributed by atoms with E-state index in [-0.39, 0.29) is 5.56 Å². The van der Waals surface area contributed by atoms with Gasteiger partial charge in [-0.25, -0.2) is 9.97 Å². The second-order valence-electron chi connectivity index (χ2n) is 6.98. The van der Waals surface area contributed by atoms with Gasteiger partial charge in [0.1, 0.15) is 9.53 Å². The van der Waals surface area contributed by atoms with Crippen molar-refractivity contribution in [1.82, 2.24) is 14.5 Å². The molecule has 0 unspecified atom stereocenters. The summed E-state index contributed by atoms with van der Waals surface area (Å²) in [5.41, 5.74) is 5.83. The van der Waals surface area contributed by atoms with E-state index in [4.69, 9.17) is 9.97 Å². The number of aryl methyl sites for hydroxylation is 2. The first-order chi connectivity index (χ1) is 12.7. The zero-order chi connectivity index (χ0) is 17.7. The molecule has 0 radical (unpaired) electrons. The molecule has 0 fully saturated rings. The Bertz CT molecular complexity index is 1190. The summed E-state index contributed by atoms with van der Waals surface area (Å²) in [6, 6.07) is 10.0. The second-order valence-corrected chi connectivity index (χ2v) is 7.98. The third-order valence-electron chi connectivity index (χ3n) is 5.32. The monoisotopic (exact) mass is 361 g/mol. The number of hydrogen-bond donors (Lipinski definition) is 0. The molecule has 0 N–H and O–H groups in total. The summed E-state index contributed by atoms with van der Waals surface area (Å²) in [4.78, 5) is 23.5. The van der Waals surface area contributed by atoms with Crippen LogP contribution in [-0.2, 0) is 19.4 Å². The van der Waals surface area contributed by atoms with E-state index in [1.165, 1.54) is 35.3 Å². The van der Waals surface area contributed by atoms with E-state index >= 15 is 0 Å². The van der Waals surface area contributed by atoms with E-state index in [0.29, 0.717) is 6.54 Å². The van der Waals surface area contributed by atoms with Gasteiger partial charge >= 0.3 is 0 Å². The van der Waals surface area contributed by atoms with E-state index in [9.17, 15) is 4.79 Å². The Morgan fingerprint density at radius 3 is 2.69 bits per heavy atom. The zero-order valence-corrected chi connectivity index (χ0v) is 15.5. The van der Waals surface area contributed by atoms with Gasteiger partial charge in [-0.1, -0.05) is 30.3 Å². The first-order valence-electron chi connectivity index (χ1n) is 9.06. The van der Waals surface area contributed by atoms with Gasteiger partial charge in [-0.05, 0) is 49.3 Å². The largest absolute Gasteiger partial charge is 0.294 e. The topological polar surface area (TPSA) is 47.8 Å². The lowest BCUT2D eigenvalue weighted by Crippen LogP contribution is -2.20. The highest BCUT2D eigenvalue weighted by Gasteiger charge is 2.21. The van der Waals surface area contributed by atoms with Crippen LogP contribution in [0.3, 0.4) is 0 Å². The predicted octanol–water partition coefficient (Wildman–Crippen LogP) is 4.24. The number of thiophene rings is 1. The van der Waals surface area contributed by atoms with Gasteiger partial charge < -0.3 is 0 Å². The first kappa shape index (κ1) is 15.7. The van der Waals surface area contributed by atoms with Gasteiger partial charge in [-0.3, -0.25) is 9.36 Å². The number of rotatable bonds is 2. The van der Waals surface area contributed by atoms with E-state index in [0.717, 1.165) is 44.5 Å². The van der Waals surface area contributed by atoms with Gasteiger partial charge in [-0.15, -0.1) is 11.3 Å². The Morgan fingerprint density at radius 2 is 1.88 bits per heavy atom. The molecule has 130 valence electrons. The van der Waals surface area contributed by atoms with Crippen molar-refractivity contribution >= 4 is 31.8 Å². The summed E-state index contributed by atoms with van der Waals surface area (Å²) in [5, 5.41) is 1.12. The van der Waals surface area contributed by atoms with Crippen molar-refractivity contribution in [3.63, 3.8) is 0 Å². The van der Waals surface area contributed by atoms with Crippen LogP contribution < -0.4 is 5.56 Å². The van der Waals surface area contributed by atoms with Crippen molar-refractivity contribution in [3.05, 3.63) is 69.4 Å². The molecule has 1 aromatic carbocycles. The highest BCUT2D eigenvalue weighted by Crippen LogP contribution is 2.37. The van der Waals surface area contributed by atoms with Gasteiger partial charge in [0, 0.05) is 11.1 Å². The quantitative estimate of drug-likeness (QED) is 0.536. The lowest BCUT2D eigenvalue weighted by Gasteiger charge is -2.18. The number of fused-ring (bicyclic) bond motifs is 5. The van der Waals surface area contributed by atoms with Crippen molar-refractivity contribution in [3.8, 4) is 0 Å². The van der Waals surface area contributed by atoms with Crippen LogP contribution in [0.15, 0.2) is 41.5 Å². The molecular formula is C21H19N3OS. The minimum absolute atomic E-state index is 0.0315. The highest BCUT2D eigenvalue weighted by molar-refractivity contribution is 7.25. The lowest BCUT2D eigenvalue weighted by atomic mass is 9.89. The van der Waals surface area contributed by atoms with Crippen LogP contribution >= 0.6 is 11.3 Å². The maximum Gasteiger partial charge on any atom is 0.271 e. The normalized spacial score (nSPS) is 14.0. The van der Waals surface area contributed by atoms with E-state index < -0.39 is 0 Å². The summed E-state index contributed by atoms with van der Waals surface area (Å²) in [6.07, 6.45) is 6.27. The fourth-order valence-corrected chi connectivity index (χ4v) is 5.19. The average molecular weight is 361 g/mol. The smallest absolute Gasteiger partial charge is 0.271 e.